The van der Waals surface area contributed by atoms with Gasteiger partial charge in [0.25, 0.3) is 0 Å². The Hall–Kier alpha value is -0.120. The number of hydrogen-bond acceptors (Lipinski definition) is 3. The molecule has 0 unspecified atom stereocenters. The maximum Gasteiger partial charge on any atom is 0.0107 e. The van der Waals surface area contributed by atoms with Gasteiger partial charge in [0.2, 0.25) is 0 Å². The van der Waals surface area contributed by atoms with Crippen LogP contribution in [0.1, 0.15) is 25.7 Å². The van der Waals surface area contributed by atoms with Crippen molar-refractivity contribution in [3.63, 3.8) is 0 Å². The number of hydrogen-bond donors (Lipinski definition) is 1. The smallest absolute Gasteiger partial charge is 0.0107 e. The Morgan fingerprint density at radius 2 is 1.94 bits per heavy atom. The molecule has 0 aromatic heterocycles. The average molecular weight is 225 g/mol. The van der Waals surface area contributed by atoms with Crippen LogP contribution < -0.4 is 5.32 Å². The molecule has 0 atom stereocenters. The lowest BCUT2D eigenvalue weighted by molar-refractivity contribution is 0.229. The summed E-state index contributed by atoms with van der Waals surface area (Å²) in [4.78, 5) is 5.12. The van der Waals surface area contributed by atoms with Gasteiger partial charge in [0, 0.05) is 32.7 Å². The van der Waals surface area contributed by atoms with Crippen LogP contribution >= 0.6 is 0 Å². The van der Waals surface area contributed by atoms with Gasteiger partial charge in [0.15, 0.2) is 0 Å². The van der Waals surface area contributed by atoms with E-state index in [0.717, 1.165) is 5.92 Å². The van der Waals surface area contributed by atoms with Crippen molar-refractivity contribution in [1.82, 2.24) is 15.1 Å². The first kappa shape index (κ1) is 12.3. The lowest BCUT2D eigenvalue weighted by Gasteiger charge is -2.27. The van der Waals surface area contributed by atoms with Gasteiger partial charge in [-0.1, -0.05) is 0 Å². The molecule has 2 aliphatic rings. The van der Waals surface area contributed by atoms with Crippen LogP contribution in [0.4, 0.5) is 0 Å². The topological polar surface area (TPSA) is 18.5 Å². The van der Waals surface area contributed by atoms with E-state index >= 15 is 0 Å². The maximum atomic E-state index is 3.40. The average Bonchev–Trinajstić information content (AvgIpc) is 3.10. The number of nitrogens with one attached hydrogen (secondary N) is 1. The molecule has 0 bridgehead atoms. The van der Waals surface area contributed by atoms with Gasteiger partial charge in [0.05, 0.1) is 0 Å². The summed E-state index contributed by atoms with van der Waals surface area (Å²) in [5.41, 5.74) is 0. The van der Waals surface area contributed by atoms with Crippen molar-refractivity contribution in [1.29, 1.82) is 0 Å². The second-order valence-corrected chi connectivity index (χ2v) is 5.50. The van der Waals surface area contributed by atoms with Crippen LogP contribution in [0.5, 0.6) is 0 Å². The summed E-state index contributed by atoms with van der Waals surface area (Å²) in [6, 6.07) is 0. The third kappa shape index (κ3) is 4.81. The molecule has 1 aliphatic carbocycles. The highest BCUT2D eigenvalue weighted by Crippen LogP contribution is 2.29. The summed E-state index contributed by atoms with van der Waals surface area (Å²) < 4.78 is 0. The van der Waals surface area contributed by atoms with E-state index in [-0.39, 0.29) is 0 Å². The van der Waals surface area contributed by atoms with Gasteiger partial charge >= 0.3 is 0 Å². The van der Waals surface area contributed by atoms with Crippen molar-refractivity contribution < 1.29 is 0 Å². The van der Waals surface area contributed by atoms with E-state index in [2.05, 4.69) is 22.2 Å². The van der Waals surface area contributed by atoms with Gasteiger partial charge in [-0.25, -0.2) is 0 Å². The number of nitrogens with zero attached hydrogens (tertiary/aromatic N) is 2. The van der Waals surface area contributed by atoms with Gasteiger partial charge in [-0.2, -0.15) is 0 Å². The molecule has 1 saturated carbocycles. The summed E-state index contributed by atoms with van der Waals surface area (Å²) in [6.45, 7) is 8.80. The molecular formula is C13H27N3. The van der Waals surface area contributed by atoms with Crippen LogP contribution in [0.25, 0.3) is 0 Å². The van der Waals surface area contributed by atoms with Crippen LogP contribution in [-0.4, -0.2) is 62.7 Å². The molecule has 1 heterocycles. The number of piperazine rings is 1. The van der Waals surface area contributed by atoms with Crippen LogP contribution in [0.3, 0.4) is 0 Å². The van der Waals surface area contributed by atoms with E-state index in [0.29, 0.717) is 0 Å². The fraction of sp³-hybridized carbons (Fsp3) is 1.00. The molecule has 0 radical (unpaired) electrons. The van der Waals surface area contributed by atoms with E-state index in [4.69, 9.17) is 0 Å². The normalized spacial score (nSPS) is 22.9. The first-order valence-electron chi connectivity index (χ1n) is 6.96. The van der Waals surface area contributed by atoms with E-state index < -0.39 is 0 Å². The minimum Gasteiger partial charge on any atom is -0.314 e. The first-order chi connectivity index (χ1) is 7.84. The van der Waals surface area contributed by atoms with E-state index in [1.807, 2.05) is 0 Å². The predicted molar refractivity (Wildman–Crippen MR) is 68.8 cm³/mol. The van der Waals surface area contributed by atoms with Gasteiger partial charge < -0.3 is 15.1 Å². The molecule has 1 N–H and O–H groups in total. The van der Waals surface area contributed by atoms with Crippen molar-refractivity contribution >= 4 is 0 Å². The van der Waals surface area contributed by atoms with Gasteiger partial charge in [-0.15, -0.1) is 0 Å². The molecule has 16 heavy (non-hydrogen) atoms. The zero-order valence-corrected chi connectivity index (χ0v) is 10.7. The summed E-state index contributed by atoms with van der Waals surface area (Å²) >= 11 is 0. The maximum absolute atomic E-state index is 3.40. The Morgan fingerprint density at radius 1 is 1.19 bits per heavy atom. The standard InChI is InChI=1S/C13H27N3/c1-15(12-13-4-5-13)8-2-3-9-16-10-6-14-7-11-16/h13-14H,2-12H2,1H3. The van der Waals surface area contributed by atoms with Gasteiger partial charge in [-0.3, -0.25) is 0 Å². The Kier molecular flexibility index (Phi) is 5.07. The minimum absolute atomic E-state index is 1.04. The summed E-state index contributed by atoms with van der Waals surface area (Å²) in [7, 11) is 2.28. The third-order valence-corrected chi connectivity index (χ3v) is 3.74. The lowest BCUT2D eigenvalue weighted by Crippen LogP contribution is -2.43. The van der Waals surface area contributed by atoms with Crippen LogP contribution in [0.2, 0.25) is 0 Å². The summed E-state index contributed by atoms with van der Waals surface area (Å²) in [6.07, 6.45) is 5.69. The summed E-state index contributed by atoms with van der Waals surface area (Å²) in [5, 5.41) is 3.40. The fourth-order valence-electron chi connectivity index (χ4n) is 2.48. The Bertz CT molecular complexity index is 186. The number of unbranched alkanes of at least 4 members (excludes halogenated alkanes) is 1. The Morgan fingerprint density at radius 3 is 2.62 bits per heavy atom. The molecule has 2 fully saturated rings. The molecule has 1 aliphatic heterocycles. The van der Waals surface area contributed by atoms with Gasteiger partial charge in [-0.05, 0) is 51.7 Å². The highest BCUT2D eigenvalue weighted by molar-refractivity contribution is 4.76. The fourth-order valence-corrected chi connectivity index (χ4v) is 2.48. The van der Waals surface area contributed by atoms with Crippen molar-refractivity contribution in [2.45, 2.75) is 25.7 Å². The largest absolute Gasteiger partial charge is 0.314 e. The third-order valence-electron chi connectivity index (χ3n) is 3.74. The molecule has 1 saturated heterocycles. The zero-order valence-electron chi connectivity index (χ0n) is 10.7. The van der Waals surface area contributed by atoms with Crippen molar-refractivity contribution in [2.24, 2.45) is 5.92 Å². The molecular weight excluding hydrogens is 198 g/mol. The van der Waals surface area contributed by atoms with Crippen molar-refractivity contribution in [3.05, 3.63) is 0 Å². The number of rotatable bonds is 7. The molecule has 0 aromatic rings. The highest BCUT2D eigenvalue weighted by Gasteiger charge is 2.22. The van der Waals surface area contributed by atoms with Crippen LogP contribution in [-0.2, 0) is 0 Å². The monoisotopic (exact) mass is 225 g/mol. The molecule has 0 spiro atoms. The second kappa shape index (κ2) is 6.58. The Balaban J connectivity index is 1.44. The summed E-state index contributed by atoms with van der Waals surface area (Å²) in [5.74, 6) is 1.04. The van der Waals surface area contributed by atoms with E-state index in [9.17, 15) is 0 Å². The zero-order chi connectivity index (χ0) is 11.2. The Labute approximate surface area is 100 Å². The van der Waals surface area contributed by atoms with Gasteiger partial charge in [0.1, 0.15) is 0 Å². The first-order valence-corrected chi connectivity index (χ1v) is 6.96. The van der Waals surface area contributed by atoms with Crippen LogP contribution in [0, 0.1) is 5.92 Å². The van der Waals surface area contributed by atoms with Crippen molar-refractivity contribution in [2.75, 3.05) is 52.9 Å². The molecule has 94 valence electrons. The van der Waals surface area contributed by atoms with E-state index in [1.165, 1.54) is 71.5 Å². The SMILES string of the molecule is CN(CCCCN1CCNCC1)CC1CC1. The van der Waals surface area contributed by atoms with Crippen LogP contribution in [0.15, 0.2) is 0 Å². The van der Waals surface area contributed by atoms with E-state index in [1.54, 1.807) is 0 Å². The molecule has 0 aromatic carbocycles. The predicted octanol–water partition coefficient (Wildman–Crippen LogP) is 1.01. The molecule has 3 heteroatoms. The second-order valence-electron chi connectivity index (χ2n) is 5.50. The quantitative estimate of drug-likeness (QED) is 0.653. The molecule has 0 amide bonds. The lowest BCUT2D eigenvalue weighted by atomic mass is 10.2. The molecule has 3 nitrogen and oxygen atoms in total. The minimum atomic E-state index is 1.04. The highest BCUT2D eigenvalue weighted by atomic mass is 15.2. The van der Waals surface area contributed by atoms with Crippen molar-refractivity contribution in [3.8, 4) is 0 Å². The molecule has 2 rings (SSSR count).